The normalized spacial score (nSPS) is 16.6. The summed E-state index contributed by atoms with van der Waals surface area (Å²) in [6.45, 7) is 6.33. The summed E-state index contributed by atoms with van der Waals surface area (Å²) < 4.78 is 18.0. The SMILES string of the molecule is CC(C)(C)C(CC1CC1)NC(=O)Oc1ccc(F)cc1. The summed E-state index contributed by atoms with van der Waals surface area (Å²) in [4.78, 5) is 11.9. The maximum Gasteiger partial charge on any atom is 0.412 e. The number of amides is 1. The lowest BCUT2D eigenvalue weighted by Crippen LogP contribution is -2.45. The zero-order valence-corrected chi connectivity index (χ0v) is 12.3. The van der Waals surface area contributed by atoms with Gasteiger partial charge >= 0.3 is 6.09 Å². The molecule has 0 aliphatic heterocycles. The molecule has 1 amide bonds. The summed E-state index contributed by atoms with van der Waals surface area (Å²) in [5, 5.41) is 2.94. The van der Waals surface area contributed by atoms with E-state index in [1.807, 2.05) is 0 Å². The van der Waals surface area contributed by atoms with Crippen molar-refractivity contribution in [3.63, 3.8) is 0 Å². The molecule has 110 valence electrons. The number of carbonyl (C=O) groups is 1. The van der Waals surface area contributed by atoms with Crippen molar-refractivity contribution in [3.05, 3.63) is 30.1 Å². The summed E-state index contributed by atoms with van der Waals surface area (Å²) in [6.07, 6.45) is 3.02. The molecule has 2 rings (SSSR count). The monoisotopic (exact) mass is 279 g/mol. The molecule has 1 aromatic carbocycles. The van der Waals surface area contributed by atoms with E-state index < -0.39 is 6.09 Å². The topological polar surface area (TPSA) is 38.3 Å². The first-order valence-electron chi connectivity index (χ1n) is 7.08. The fourth-order valence-electron chi connectivity index (χ4n) is 2.10. The second-order valence-electron chi connectivity index (χ2n) is 6.59. The van der Waals surface area contributed by atoms with Gasteiger partial charge in [0.25, 0.3) is 0 Å². The van der Waals surface area contributed by atoms with Crippen molar-refractivity contribution in [2.45, 2.75) is 46.1 Å². The third-order valence-corrected chi connectivity index (χ3v) is 3.63. The van der Waals surface area contributed by atoms with Gasteiger partial charge in [-0.2, -0.15) is 0 Å². The molecular formula is C16H22FNO2. The second-order valence-corrected chi connectivity index (χ2v) is 6.59. The number of nitrogens with one attached hydrogen (secondary N) is 1. The van der Waals surface area contributed by atoms with Crippen LogP contribution in [0, 0.1) is 17.2 Å². The van der Waals surface area contributed by atoms with Crippen LogP contribution in [0.25, 0.3) is 0 Å². The van der Waals surface area contributed by atoms with Crippen molar-refractivity contribution in [2.24, 2.45) is 11.3 Å². The molecule has 1 aromatic rings. The van der Waals surface area contributed by atoms with Gasteiger partial charge in [0.05, 0.1) is 0 Å². The molecule has 20 heavy (non-hydrogen) atoms. The van der Waals surface area contributed by atoms with E-state index >= 15 is 0 Å². The Kier molecular flexibility index (Phi) is 4.31. The van der Waals surface area contributed by atoms with Gasteiger partial charge in [0.2, 0.25) is 0 Å². The predicted octanol–water partition coefficient (Wildman–Crippen LogP) is 4.13. The van der Waals surface area contributed by atoms with Gasteiger partial charge in [-0.3, -0.25) is 0 Å². The van der Waals surface area contributed by atoms with Crippen molar-refractivity contribution in [3.8, 4) is 5.75 Å². The minimum Gasteiger partial charge on any atom is -0.410 e. The summed E-state index contributed by atoms with van der Waals surface area (Å²) in [7, 11) is 0. The third kappa shape index (κ3) is 4.51. The zero-order valence-electron chi connectivity index (χ0n) is 12.3. The Balaban J connectivity index is 1.92. The third-order valence-electron chi connectivity index (χ3n) is 3.63. The van der Waals surface area contributed by atoms with E-state index in [9.17, 15) is 9.18 Å². The zero-order chi connectivity index (χ0) is 14.8. The highest BCUT2D eigenvalue weighted by Crippen LogP contribution is 2.37. The first kappa shape index (κ1) is 14.8. The van der Waals surface area contributed by atoms with Crippen LogP contribution in [0.4, 0.5) is 9.18 Å². The molecule has 1 aliphatic rings. The van der Waals surface area contributed by atoms with Gasteiger partial charge < -0.3 is 10.1 Å². The lowest BCUT2D eigenvalue weighted by molar-refractivity contribution is 0.176. The fraction of sp³-hybridized carbons (Fsp3) is 0.562. The van der Waals surface area contributed by atoms with Gasteiger partial charge in [0.1, 0.15) is 11.6 Å². The quantitative estimate of drug-likeness (QED) is 0.900. The highest BCUT2D eigenvalue weighted by Gasteiger charge is 2.33. The van der Waals surface area contributed by atoms with Crippen LogP contribution < -0.4 is 10.1 Å². The number of ether oxygens (including phenoxy) is 1. The summed E-state index contributed by atoms with van der Waals surface area (Å²) in [6, 6.07) is 5.52. The van der Waals surface area contributed by atoms with E-state index in [1.165, 1.54) is 37.1 Å². The fourth-order valence-corrected chi connectivity index (χ4v) is 2.10. The summed E-state index contributed by atoms with van der Waals surface area (Å²) in [5.41, 5.74) is -0.00952. The number of hydrogen-bond acceptors (Lipinski definition) is 2. The van der Waals surface area contributed by atoms with Crippen molar-refractivity contribution >= 4 is 6.09 Å². The highest BCUT2D eigenvalue weighted by molar-refractivity contribution is 5.70. The first-order chi connectivity index (χ1) is 9.34. The minimum absolute atomic E-state index is 0.00952. The smallest absolute Gasteiger partial charge is 0.410 e. The minimum atomic E-state index is -0.475. The standard InChI is InChI=1S/C16H22FNO2/c1-16(2,3)14(10-11-4-5-11)18-15(19)20-13-8-6-12(17)7-9-13/h6-9,11,14H,4-5,10H2,1-3H3,(H,18,19). The highest BCUT2D eigenvalue weighted by atomic mass is 19.1. The van der Waals surface area contributed by atoms with Crippen molar-refractivity contribution in [1.29, 1.82) is 0 Å². The molecule has 0 heterocycles. The van der Waals surface area contributed by atoms with Gasteiger partial charge in [-0.05, 0) is 42.0 Å². The molecule has 0 bridgehead atoms. The molecule has 4 heteroatoms. The summed E-state index contributed by atoms with van der Waals surface area (Å²) >= 11 is 0. The van der Waals surface area contributed by atoms with E-state index in [0.717, 1.165) is 12.3 Å². The molecule has 0 radical (unpaired) electrons. The molecule has 1 atom stereocenters. The molecule has 1 unspecified atom stereocenters. The second kappa shape index (κ2) is 5.81. The lowest BCUT2D eigenvalue weighted by atomic mass is 9.83. The molecule has 0 aromatic heterocycles. The van der Waals surface area contributed by atoms with E-state index in [0.29, 0.717) is 5.75 Å². The Hall–Kier alpha value is -1.58. The van der Waals surface area contributed by atoms with Gasteiger partial charge in [-0.15, -0.1) is 0 Å². The Labute approximate surface area is 119 Å². The van der Waals surface area contributed by atoms with E-state index in [2.05, 4.69) is 26.1 Å². The average molecular weight is 279 g/mol. The average Bonchev–Trinajstić information content (AvgIpc) is 3.14. The number of rotatable bonds is 4. The number of halogens is 1. The van der Waals surface area contributed by atoms with Gasteiger partial charge in [-0.25, -0.2) is 9.18 Å². The Morgan fingerprint density at radius 2 is 1.95 bits per heavy atom. The van der Waals surface area contributed by atoms with Gasteiger partial charge in [0.15, 0.2) is 0 Å². The van der Waals surface area contributed by atoms with Crippen LogP contribution in [0.3, 0.4) is 0 Å². The number of hydrogen-bond donors (Lipinski definition) is 1. The Morgan fingerprint density at radius 3 is 2.45 bits per heavy atom. The van der Waals surface area contributed by atoms with Crippen LogP contribution >= 0.6 is 0 Å². The Morgan fingerprint density at radius 1 is 1.35 bits per heavy atom. The summed E-state index contributed by atoms with van der Waals surface area (Å²) in [5.74, 6) is 0.729. The molecule has 0 saturated heterocycles. The first-order valence-corrected chi connectivity index (χ1v) is 7.08. The van der Waals surface area contributed by atoms with Gasteiger partial charge in [0, 0.05) is 6.04 Å². The number of benzene rings is 1. The van der Waals surface area contributed by atoms with E-state index in [1.54, 1.807) is 0 Å². The molecule has 1 N–H and O–H groups in total. The molecule has 1 aliphatic carbocycles. The molecule has 1 saturated carbocycles. The van der Waals surface area contributed by atoms with Crippen LogP contribution in [0.2, 0.25) is 0 Å². The largest absolute Gasteiger partial charge is 0.412 e. The van der Waals surface area contributed by atoms with Crippen LogP contribution in [0.1, 0.15) is 40.0 Å². The van der Waals surface area contributed by atoms with Crippen LogP contribution in [0.5, 0.6) is 5.75 Å². The maximum absolute atomic E-state index is 12.8. The van der Waals surface area contributed by atoms with E-state index in [-0.39, 0.29) is 17.3 Å². The predicted molar refractivity (Wildman–Crippen MR) is 76.1 cm³/mol. The van der Waals surface area contributed by atoms with Crippen molar-refractivity contribution < 1.29 is 13.9 Å². The lowest BCUT2D eigenvalue weighted by Gasteiger charge is -2.31. The Bertz CT molecular complexity index is 460. The van der Waals surface area contributed by atoms with Gasteiger partial charge in [-0.1, -0.05) is 33.6 Å². The molecule has 0 spiro atoms. The van der Waals surface area contributed by atoms with Crippen LogP contribution in [0.15, 0.2) is 24.3 Å². The molecule has 1 fully saturated rings. The maximum atomic E-state index is 12.8. The van der Waals surface area contributed by atoms with Crippen molar-refractivity contribution in [2.75, 3.05) is 0 Å². The molecule has 3 nitrogen and oxygen atoms in total. The van der Waals surface area contributed by atoms with Crippen LogP contribution in [-0.4, -0.2) is 12.1 Å². The van der Waals surface area contributed by atoms with Crippen molar-refractivity contribution in [1.82, 2.24) is 5.32 Å². The number of carbonyl (C=O) groups excluding carboxylic acids is 1. The molecular weight excluding hydrogens is 257 g/mol. The van der Waals surface area contributed by atoms with E-state index in [4.69, 9.17) is 4.74 Å². The van der Waals surface area contributed by atoms with Crippen LogP contribution in [-0.2, 0) is 0 Å².